The van der Waals surface area contributed by atoms with E-state index in [9.17, 15) is 4.79 Å². The highest BCUT2D eigenvalue weighted by Crippen LogP contribution is 2.36. The normalized spacial score (nSPS) is 25.3. The van der Waals surface area contributed by atoms with Gasteiger partial charge in [0.15, 0.2) is 5.16 Å². The molecule has 0 unspecified atom stereocenters. The van der Waals surface area contributed by atoms with Crippen LogP contribution in [0.3, 0.4) is 0 Å². The number of hydrogen-bond acceptors (Lipinski definition) is 6. The van der Waals surface area contributed by atoms with E-state index in [1.165, 1.54) is 16.9 Å². The molecule has 1 aliphatic carbocycles. The molecule has 3 aliphatic rings. The van der Waals surface area contributed by atoms with Crippen LogP contribution in [0, 0.1) is 0 Å². The quantitative estimate of drug-likeness (QED) is 0.559. The lowest BCUT2D eigenvalue weighted by molar-refractivity contribution is 0.0315. The fraction of sp³-hybridized carbons (Fsp3) is 0.700. The summed E-state index contributed by atoms with van der Waals surface area (Å²) >= 11 is 3.41. The number of aryl methyl sites for hydroxylation is 2. The van der Waals surface area contributed by atoms with Gasteiger partial charge in [-0.25, -0.2) is 4.98 Å². The molecular formula is C20H26N2O3S2. The maximum atomic E-state index is 13.4. The molecule has 0 saturated carbocycles. The Morgan fingerprint density at radius 3 is 2.74 bits per heavy atom. The van der Waals surface area contributed by atoms with Crippen LogP contribution in [-0.2, 0) is 28.9 Å². The van der Waals surface area contributed by atoms with Gasteiger partial charge in [0.1, 0.15) is 4.83 Å². The number of ether oxygens (including phenoxy) is 2. The first kappa shape index (κ1) is 18.2. The minimum Gasteiger partial charge on any atom is -0.377 e. The Labute approximate surface area is 167 Å². The van der Waals surface area contributed by atoms with Crippen LogP contribution < -0.4 is 5.56 Å². The molecule has 0 radical (unpaired) electrons. The Kier molecular flexibility index (Phi) is 5.28. The second-order valence-electron chi connectivity index (χ2n) is 7.78. The van der Waals surface area contributed by atoms with Gasteiger partial charge in [-0.05, 0) is 56.9 Å². The lowest BCUT2D eigenvalue weighted by Gasteiger charge is -2.22. The SMILES string of the molecule is O=c1c2c3c(sc2nc(SC[C@H]2CCCCO2)n1C[C@@H]1CCCO1)CCC3. The Balaban J connectivity index is 1.49. The van der Waals surface area contributed by atoms with Gasteiger partial charge in [-0.1, -0.05) is 11.8 Å². The molecule has 2 aromatic rings. The lowest BCUT2D eigenvalue weighted by Crippen LogP contribution is -2.29. The summed E-state index contributed by atoms with van der Waals surface area (Å²) in [6, 6.07) is 0. The molecule has 7 heteroatoms. The molecule has 5 nitrogen and oxygen atoms in total. The zero-order valence-corrected chi connectivity index (χ0v) is 17.2. The van der Waals surface area contributed by atoms with E-state index in [-0.39, 0.29) is 17.8 Å². The van der Waals surface area contributed by atoms with E-state index in [0.717, 1.165) is 79.3 Å². The van der Waals surface area contributed by atoms with E-state index in [1.54, 1.807) is 23.1 Å². The predicted octanol–water partition coefficient (Wildman–Crippen LogP) is 3.79. The molecule has 2 atom stereocenters. The van der Waals surface area contributed by atoms with Gasteiger partial charge < -0.3 is 9.47 Å². The summed E-state index contributed by atoms with van der Waals surface area (Å²) in [5.41, 5.74) is 1.41. The molecule has 146 valence electrons. The van der Waals surface area contributed by atoms with Crippen LogP contribution in [0.5, 0.6) is 0 Å². The number of nitrogens with zero attached hydrogens (tertiary/aromatic N) is 2. The third-order valence-electron chi connectivity index (χ3n) is 5.87. The van der Waals surface area contributed by atoms with Crippen molar-refractivity contribution < 1.29 is 9.47 Å². The van der Waals surface area contributed by atoms with Gasteiger partial charge in [-0.15, -0.1) is 11.3 Å². The van der Waals surface area contributed by atoms with Crippen LogP contribution in [0.4, 0.5) is 0 Å². The molecule has 2 aromatic heterocycles. The van der Waals surface area contributed by atoms with Crippen LogP contribution in [-0.4, -0.2) is 40.7 Å². The lowest BCUT2D eigenvalue weighted by atomic mass is 10.1. The maximum Gasteiger partial charge on any atom is 0.263 e. The fourth-order valence-corrected chi connectivity index (χ4v) is 6.80. The number of rotatable bonds is 5. The van der Waals surface area contributed by atoms with Crippen LogP contribution in [0.15, 0.2) is 9.95 Å². The molecule has 0 aromatic carbocycles. The summed E-state index contributed by atoms with van der Waals surface area (Å²) in [5, 5.41) is 1.72. The summed E-state index contributed by atoms with van der Waals surface area (Å²) in [6.45, 7) is 2.29. The second kappa shape index (κ2) is 7.85. The van der Waals surface area contributed by atoms with Gasteiger partial charge in [0.05, 0.1) is 24.1 Å². The summed E-state index contributed by atoms with van der Waals surface area (Å²) in [7, 11) is 0. The van der Waals surface area contributed by atoms with Gasteiger partial charge in [0, 0.05) is 23.8 Å². The summed E-state index contributed by atoms with van der Waals surface area (Å²) in [4.78, 5) is 20.7. The number of aromatic nitrogens is 2. The van der Waals surface area contributed by atoms with Crippen molar-refractivity contribution >= 4 is 33.3 Å². The zero-order chi connectivity index (χ0) is 18.2. The monoisotopic (exact) mass is 406 g/mol. The minimum absolute atomic E-state index is 0.138. The van der Waals surface area contributed by atoms with Crippen molar-refractivity contribution in [2.45, 2.75) is 75.3 Å². The van der Waals surface area contributed by atoms with Crippen molar-refractivity contribution in [1.29, 1.82) is 0 Å². The van der Waals surface area contributed by atoms with Crippen molar-refractivity contribution in [3.8, 4) is 0 Å². The van der Waals surface area contributed by atoms with E-state index in [2.05, 4.69) is 0 Å². The van der Waals surface area contributed by atoms with E-state index in [4.69, 9.17) is 14.5 Å². The third-order valence-corrected chi connectivity index (χ3v) is 8.17. The van der Waals surface area contributed by atoms with E-state index in [1.807, 2.05) is 4.57 Å². The standard InChI is InChI=1S/C20H26N2O3S2/c23-19-17-15-7-3-8-16(15)27-18(17)21-20(22(19)11-13-6-4-10-24-13)26-12-14-5-1-2-9-25-14/h13-14H,1-12H2/t13-,14+/m0/s1. The molecule has 0 N–H and O–H groups in total. The Morgan fingerprint density at radius 2 is 1.93 bits per heavy atom. The van der Waals surface area contributed by atoms with E-state index >= 15 is 0 Å². The molecule has 5 rings (SSSR count). The van der Waals surface area contributed by atoms with Crippen LogP contribution in [0.25, 0.3) is 10.2 Å². The first-order chi connectivity index (χ1) is 13.3. The number of hydrogen-bond donors (Lipinski definition) is 0. The average Bonchev–Trinajstić information content (AvgIpc) is 3.40. The van der Waals surface area contributed by atoms with Gasteiger partial charge in [0.2, 0.25) is 0 Å². The third kappa shape index (κ3) is 3.59. The first-order valence-corrected chi connectivity index (χ1v) is 12.0. The second-order valence-corrected chi connectivity index (χ2v) is 9.85. The van der Waals surface area contributed by atoms with Gasteiger partial charge in [0.25, 0.3) is 5.56 Å². The maximum absolute atomic E-state index is 13.4. The highest BCUT2D eigenvalue weighted by molar-refractivity contribution is 7.99. The van der Waals surface area contributed by atoms with Crippen molar-refractivity contribution in [3.63, 3.8) is 0 Å². The van der Waals surface area contributed by atoms with Gasteiger partial charge in [-0.2, -0.15) is 0 Å². The number of thioether (sulfide) groups is 1. The number of thiophene rings is 1. The summed E-state index contributed by atoms with van der Waals surface area (Å²) < 4.78 is 13.6. The molecule has 2 aliphatic heterocycles. The van der Waals surface area contributed by atoms with Crippen LogP contribution >= 0.6 is 23.1 Å². The van der Waals surface area contributed by atoms with Crippen LogP contribution in [0.2, 0.25) is 0 Å². The van der Waals surface area contributed by atoms with Crippen LogP contribution in [0.1, 0.15) is 49.0 Å². The van der Waals surface area contributed by atoms with Gasteiger partial charge >= 0.3 is 0 Å². The topological polar surface area (TPSA) is 53.3 Å². The Bertz CT molecular complexity index is 879. The minimum atomic E-state index is 0.138. The van der Waals surface area contributed by atoms with Crippen molar-refractivity contribution in [3.05, 3.63) is 20.8 Å². The molecular weight excluding hydrogens is 380 g/mol. The predicted molar refractivity (Wildman–Crippen MR) is 109 cm³/mol. The molecule has 4 heterocycles. The smallest absolute Gasteiger partial charge is 0.263 e. The van der Waals surface area contributed by atoms with Crippen molar-refractivity contribution in [2.75, 3.05) is 19.0 Å². The van der Waals surface area contributed by atoms with E-state index < -0.39 is 0 Å². The largest absolute Gasteiger partial charge is 0.377 e. The average molecular weight is 407 g/mol. The molecule has 2 fully saturated rings. The number of fused-ring (bicyclic) bond motifs is 3. The Morgan fingerprint density at radius 1 is 1.07 bits per heavy atom. The summed E-state index contributed by atoms with van der Waals surface area (Å²) in [5.74, 6) is 0.870. The summed E-state index contributed by atoms with van der Waals surface area (Å²) in [6.07, 6.45) is 9.32. The fourth-order valence-electron chi connectivity index (χ4n) is 4.43. The molecule has 0 amide bonds. The van der Waals surface area contributed by atoms with Crippen molar-refractivity contribution in [1.82, 2.24) is 9.55 Å². The zero-order valence-electron chi connectivity index (χ0n) is 15.6. The molecule has 0 bridgehead atoms. The first-order valence-electron chi connectivity index (χ1n) is 10.2. The van der Waals surface area contributed by atoms with E-state index in [0.29, 0.717) is 6.54 Å². The highest BCUT2D eigenvalue weighted by atomic mass is 32.2. The van der Waals surface area contributed by atoms with Gasteiger partial charge in [-0.3, -0.25) is 9.36 Å². The molecule has 2 saturated heterocycles. The molecule has 27 heavy (non-hydrogen) atoms. The highest BCUT2D eigenvalue weighted by Gasteiger charge is 2.26. The van der Waals surface area contributed by atoms with Crippen molar-refractivity contribution in [2.24, 2.45) is 0 Å². The molecule has 0 spiro atoms. The Hall–Kier alpha value is -0.890.